The average molecular weight is 524 g/mol. The third-order valence-electron chi connectivity index (χ3n) is 6.30. The van der Waals surface area contributed by atoms with E-state index < -0.39 is 17.9 Å². The molecule has 1 unspecified atom stereocenters. The smallest absolute Gasteiger partial charge is 0.315 e. The highest BCUT2D eigenvalue weighted by Crippen LogP contribution is 2.32. The van der Waals surface area contributed by atoms with Crippen LogP contribution in [0.2, 0.25) is 5.02 Å². The van der Waals surface area contributed by atoms with Crippen molar-refractivity contribution in [2.24, 2.45) is 0 Å². The highest BCUT2D eigenvalue weighted by Gasteiger charge is 2.34. The van der Waals surface area contributed by atoms with Gasteiger partial charge in [0.15, 0.2) is 0 Å². The summed E-state index contributed by atoms with van der Waals surface area (Å²) in [6, 6.07) is 17.3. The van der Waals surface area contributed by atoms with Gasteiger partial charge in [0, 0.05) is 32.2 Å². The van der Waals surface area contributed by atoms with Crippen molar-refractivity contribution in [3.63, 3.8) is 0 Å². The topological polar surface area (TPSA) is 85.9 Å². The fourth-order valence-electron chi connectivity index (χ4n) is 4.51. The van der Waals surface area contributed by atoms with Crippen LogP contribution in [0.3, 0.4) is 0 Å². The maximum absolute atomic E-state index is 14.0. The van der Waals surface area contributed by atoms with Crippen LogP contribution in [0.5, 0.6) is 5.75 Å². The summed E-state index contributed by atoms with van der Waals surface area (Å²) in [5.41, 5.74) is 2.83. The van der Waals surface area contributed by atoms with E-state index in [9.17, 15) is 14.0 Å². The fraction of sp³-hybridized carbons (Fsp3) is 0.259. The molecule has 0 radical (unpaired) electrons. The molecule has 0 bridgehead atoms. The van der Waals surface area contributed by atoms with Gasteiger partial charge in [0.1, 0.15) is 24.2 Å². The number of rotatable bonds is 6. The minimum atomic E-state index is -0.954. The molecule has 1 atom stereocenters. The van der Waals surface area contributed by atoms with Crippen molar-refractivity contribution in [3.05, 3.63) is 88.7 Å². The SMILES string of the molecule is O=C(NCc1ccc2c(c1)OCCN2)NC(C(=O)N1CCCN1c1cc(F)ccc1Cl)c1ccccc1. The van der Waals surface area contributed by atoms with E-state index in [1.807, 2.05) is 36.4 Å². The number of nitrogens with one attached hydrogen (secondary N) is 3. The van der Waals surface area contributed by atoms with E-state index in [1.165, 1.54) is 23.2 Å². The Hall–Kier alpha value is -3.98. The van der Waals surface area contributed by atoms with Gasteiger partial charge in [-0.25, -0.2) is 9.18 Å². The van der Waals surface area contributed by atoms with E-state index in [0.717, 1.165) is 23.5 Å². The molecule has 5 rings (SSSR count). The minimum Gasteiger partial charge on any atom is -0.490 e. The standard InChI is InChI=1S/C27H27ClFN5O3/c28-21-9-8-20(29)16-23(21)33-12-4-13-34(33)26(35)25(19-5-2-1-3-6-19)32-27(36)31-17-18-7-10-22-24(15-18)37-14-11-30-22/h1-3,5-10,15-16,25,30H,4,11-14,17H2,(H2,31,32,36). The van der Waals surface area contributed by atoms with E-state index in [2.05, 4.69) is 16.0 Å². The number of halogens is 2. The quantitative estimate of drug-likeness (QED) is 0.443. The molecule has 2 aliphatic rings. The van der Waals surface area contributed by atoms with Crippen LogP contribution in [0.1, 0.15) is 23.6 Å². The van der Waals surface area contributed by atoms with Gasteiger partial charge < -0.3 is 20.7 Å². The van der Waals surface area contributed by atoms with Crippen molar-refractivity contribution in [2.45, 2.75) is 19.0 Å². The van der Waals surface area contributed by atoms with E-state index in [0.29, 0.717) is 42.4 Å². The summed E-state index contributed by atoms with van der Waals surface area (Å²) in [7, 11) is 0. The highest BCUT2D eigenvalue weighted by molar-refractivity contribution is 6.33. The van der Waals surface area contributed by atoms with Crippen LogP contribution < -0.4 is 25.7 Å². The monoisotopic (exact) mass is 523 g/mol. The molecule has 3 aromatic carbocycles. The molecular formula is C27H27ClFN5O3. The van der Waals surface area contributed by atoms with Crippen molar-refractivity contribution in [1.82, 2.24) is 15.6 Å². The number of hydrogen-bond acceptors (Lipinski definition) is 5. The Morgan fingerprint density at radius 3 is 2.76 bits per heavy atom. The molecule has 37 heavy (non-hydrogen) atoms. The van der Waals surface area contributed by atoms with Gasteiger partial charge in [-0.05, 0) is 41.8 Å². The first-order chi connectivity index (χ1) is 18.0. The molecule has 8 nitrogen and oxygen atoms in total. The first kappa shape index (κ1) is 24.7. The van der Waals surface area contributed by atoms with Crippen LogP contribution >= 0.6 is 11.6 Å². The molecule has 1 fully saturated rings. The normalized spacial score (nSPS) is 15.3. The van der Waals surface area contributed by atoms with Crippen LogP contribution in [-0.4, -0.2) is 43.2 Å². The van der Waals surface area contributed by atoms with Crippen LogP contribution in [-0.2, 0) is 11.3 Å². The van der Waals surface area contributed by atoms with Crippen LogP contribution in [0.15, 0.2) is 66.7 Å². The Balaban J connectivity index is 1.32. The van der Waals surface area contributed by atoms with Gasteiger partial charge in [-0.15, -0.1) is 0 Å². The number of carbonyl (C=O) groups is 2. The second-order valence-electron chi connectivity index (χ2n) is 8.81. The Labute approximate surface area is 219 Å². The summed E-state index contributed by atoms with van der Waals surface area (Å²) in [4.78, 5) is 26.7. The van der Waals surface area contributed by atoms with E-state index in [1.54, 1.807) is 17.1 Å². The second kappa shape index (κ2) is 11.0. The molecule has 3 N–H and O–H groups in total. The van der Waals surface area contributed by atoms with Gasteiger partial charge in [0.2, 0.25) is 0 Å². The zero-order valence-electron chi connectivity index (χ0n) is 20.0. The number of urea groups is 1. The number of benzene rings is 3. The largest absolute Gasteiger partial charge is 0.490 e. The van der Waals surface area contributed by atoms with Crippen molar-refractivity contribution in [2.75, 3.05) is 36.6 Å². The molecule has 0 aliphatic carbocycles. The average Bonchev–Trinajstić information content (AvgIpc) is 3.42. The van der Waals surface area contributed by atoms with E-state index in [-0.39, 0.29) is 12.5 Å². The van der Waals surface area contributed by atoms with Crippen LogP contribution in [0, 0.1) is 5.82 Å². The predicted octanol–water partition coefficient (Wildman–Crippen LogP) is 4.48. The molecule has 3 aromatic rings. The number of fused-ring (bicyclic) bond motifs is 1. The van der Waals surface area contributed by atoms with Gasteiger partial charge in [0.25, 0.3) is 5.91 Å². The summed E-state index contributed by atoms with van der Waals surface area (Å²) in [6.07, 6.45) is 0.682. The third kappa shape index (κ3) is 5.56. The number of amides is 3. The van der Waals surface area contributed by atoms with Crippen molar-refractivity contribution in [1.29, 1.82) is 0 Å². The maximum atomic E-state index is 14.0. The lowest BCUT2D eigenvalue weighted by atomic mass is 10.1. The Kier molecular flexibility index (Phi) is 7.32. The number of carbonyl (C=O) groups excluding carboxylic acids is 2. The molecule has 3 amide bonds. The molecule has 2 aliphatic heterocycles. The molecule has 192 valence electrons. The number of ether oxygens (including phenoxy) is 1. The van der Waals surface area contributed by atoms with E-state index in [4.69, 9.17) is 16.3 Å². The Bertz CT molecular complexity index is 1290. The lowest BCUT2D eigenvalue weighted by Crippen LogP contribution is -2.49. The minimum absolute atomic E-state index is 0.257. The lowest BCUT2D eigenvalue weighted by Gasteiger charge is -2.33. The summed E-state index contributed by atoms with van der Waals surface area (Å²) in [5, 5.41) is 12.4. The van der Waals surface area contributed by atoms with Gasteiger partial charge in [0.05, 0.1) is 16.4 Å². The molecule has 10 heteroatoms. The summed E-state index contributed by atoms with van der Waals surface area (Å²) in [5.74, 6) is -0.0416. The van der Waals surface area contributed by atoms with Crippen molar-refractivity contribution < 1.29 is 18.7 Å². The fourth-order valence-corrected chi connectivity index (χ4v) is 4.73. The summed E-state index contributed by atoms with van der Waals surface area (Å²) < 4.78 is 19.6. The van der Waals surface area contributed by atoms with E-state index >= 15 is 0 Å². The molecule has 2 heterocycles. The predicted molar refractivity (Wildman–Crippen MR) is 140 cm³/mol. The van der Waals surface area contributed by atoms with Crippen LogP contribution in [0.4, 0.5) is 20.6 Å². The first-order valence-electron chi connectivity index (χ1n) is 12.1. The maximum Gasteiger partial charge on any atom is 0.315 e. The highest BCUT2D eigenvalue weighted by atomic mass is 35.5. The lowest BCUT2D eigenvalue weighted by molar-refractivity contribution is -0.132. The number of nitrogens with zero attached hydrogens (tertiary/aromatic N) is 2. The number of hydrazine groups is 1. The second-order valence-corrected chi connectivity index (χ2v) is 9.22. The summed E-state index contributed by atoms with van der Waals surface area (Å²) in [6.45, 7) is 2.51. The number of anilines is 2. The molecule has 0 saturated carbocycles. The molecular weight excluding hydrogens is 497 g/mol. The molecule has 0 aromatic heterocycles. The van der Waals surface area contributed by atoms with Crippen molar-refractivity contribution >= 4 is 34.9 Å². The van der Waals surface area contributed by atoms with Gasteiger partial charge >= 0.3 is 6.03 Å². The molecule has 1 saturated heterocycles. The first-order valence-corrected chi connectivity index (χ1v) is 12.5. The Morgan fingerprint density at radius 1 is 1.08 bits per heavy atom. The molecule has 0 spiro atoms. The van der Waals surface area contributed by atoms with Gasteiger partial charge in [-0.3, -0.25) is 14.8 Å². The number of hydrogen-bond donors (Lipinski definition) is 3. The van der Waals surface area contributed by atoms with Gasteiger partial charge in [-0.1, -0.05) is 48.0 Å². The van der Waals surface area contributed by atoms with Crippen LogP contribution in [0.25, 0.3) is 0 Å². The zero-order valence-corrected chi connectivity index (χ0v) is 20.8. The Morgan fingerprint density at radius 2 is 1.92 bits per heavy atom. The third-order valence-corrected chi connectivity index (χ3v) is 6.62. The van der Waals surface area contributed by atoms with Gasteiger partial charge in [-0.2, -0.15) is 0 Å². The zero-order chi connectivity index (χ0) is 25.8. The van der Waals surface area contributed by atoms with Crippen molar-refractivity contribution in [3.8, 4) is 5.75 Å². The summed E-state index contributed by atoms with van der Waals surface area (Å²) >= 11 is 6.33.